The van der Waals surface area contributed by atoms with Crippen LogP contribution in [0.3, 0.4) is 0 Å². The predicted molar refractivity (Wildman–Crippen MR) is 91.8 cm³/mol. The molecule has 3 aromatic rings. The standard InChI is InChI=1S/C15H10ClN3O2S2/c16-10-5-3-9(4-6-10)13(20)18-19-14(21)11-8-23-15(17-11)12-2-1-7-22-12/h1-8H,(H,18,20)(H,19,21). The van der Waals surface area contributed by atoms with Crippen LogP contribution in [-0.2, 0) is 0 Å². The Morgan fingerprint density at radius 3 is 2.43 bits per heavy atom. The van der Waals surface area contributed by atoms with Crippen molar-refractivity contribution in [3.8, 4) is 9.88 Å². The summed E-state index contributed by atoms with van der Waals surface area (Å²) >= 11 is 8.69. The van der Waals surface area contributed by atoms with E-state index in [1.54, 1.807) is 41.0 Å². The molecule has 2 N–H and O–H groups in total. The first-order chi connectivity index (χ1) is 11.1. The Morgan fingerprint density at radius 2 is 1.74 bits per heavy atom. The van der Waals surface area contributed by atoms with E-state index in [9.17, 15) is 9.59 Å². The summed E-state index contributed by atoms with van der Waals surface area (Å²) in [6.07, 6.45) is 0. The van der Waals surface area contributed by atoms with Crippen molar-refractivity contribution in [3.63, 3.8) is 0 Å². The number of thiazole rings is 1. The number of thiophene rings is 1. The van der Waals surface area contributed by atoms with Gasteiger partial charge in [-0.15, -0.1) is 22.7 Å². The van der Waals surface area contributed by atoms with Crippen LogP contribution in [0.1, 0.15) is 20.8 Å². The van der Waals surface area contributed by atoms with Gasteiger partial charge in [-0.25, -0.2) is 4.98 Å². The van der Waals surface area contributed by atoms with Crippen molar-refractivity contribution < 1.29 is 9.59 Å². The normalized spacial score (nSPS) is 10.3. The number of hydrazine groups is 1. The summed E-state index contributed by atoms with van der Waals surface area (Å²) in [5.41, 5.74) is 5.35. The van der Waals surface area contributed by atoms with Crippen molar-refractivity contribution in [2.75, 3.05) is 0 Å². The average molecular weight is 364 g/mol. The van der Waals surface area contributed by atoms with Crippen LogP contribution in [0, 0.1) is 0 Å². The Balaban J connectivity index is 1.61. The van der Waals surface area contributed by atoms with Crippen LogP contribution in [0.4, 0.5) is 0 Å². The highest BCUT2D eigenvalue weighted by atomic mass is 35.5. The van der Waals surface area contributed by atoms with Crippen molar-refractivity contribution in [3.05, 3.63) is 63.4 Å². The van der Waals surface area contributed by atoms with Gasteiger partial charge in [-0.2, -0.15) is 0 Å². The molecule has 5 nitrogen and oxygen atoms in total. The summed E-state index contributed by atoms with van der Waals surface area (Å²) in [6.45, 7) is 0. The molecule has 0 spiro atoms. The summed E-state index contributed by atoms with van der Waals surface area (Å²) in [6, 6.07) is 10.2. The zero-order chi connectivity index (χ0) is 16.2. The van der Waals surface area contributed by atoms with Crippen molar-refractivity contribution in [2.45, 2.75) is 0 Å². The number of hydrogen-bond acceptors (Lipinski definition) is 5. The lowest BCUT2D eigenvalue weighted by molar-refractivity contribution is 0.0844. The Hall–Kier alpha value is -2.22. The third-order valence-corrected chi connectivity index (χ3v) is 5.00. The van der Waals surface area contributed by atoms with Crippen LogP contribution < -0.4 is 10.9 Å². The van der Waals surface area contributed by atoms with Crippen LogP contribution in [0.5, 0.6) is 0 Å². The minimum atomic E-state index is -0.466. The van der Waals surface area contributed by atoms with Crippen LogP contribution in [0.15, 0.2) is 47.2 Å². The summed E-state index contributed by atoms with van der Waals surface area (Å²) in [4.78, 5) is 29.2. The van der Waals surface area contributed by atoms with E-state index in [2.05, 4.69) is 15.8 Å². The van der Waals surface area contributed by atoms with Gasteiger partial charge < -0.3 is 0 Å². The Kier molecular flexibility index (Phi) is 4.71. The molecule has 3 rings (SSSR count). The number of carbonyl (C=O) groups excluding carboxylic acids is 2. The number of halogens is 1. The molecule has 0 fully saturated rings. The second kappa shape index (κ2) is 6.91. The molecule has 0 bridgehead atoms. The highest BCUT2D eigenvalue weighted by Crippen LogP contribution is 2.27. The summed E-state index contributed by atoms with van der Waals surface area (Å²) in [5, 5.41) is 4.91. The van der Waals surface area contributed by atoms with Crippen LogP contribution in [-0.4, -0.2) is 16.8 Å². The Morgan fingerprint density at radius 1 is 1.00 bits per heavy atom. The van der Waals surface area contributed by atoms with Gasteiger partial charge in [0.1, 0.15) is 10.7 Å². The molecule has 1 aromatic carbocycles. The average Bonchev–Trinajstić information content (AvgIpc) is 3.23. The third-order valence-electron chi connectivity index (χ3n) is 2.86. The fraction of sp³-hybridized carbons (Fsp3) is 0. The maximum absolute atomic E-state index is 12.0. The minimum absolute atomic E-state index is 0.259. The quantitative estimate of drug-likeness (QED) is 0.698. The zero-order valence-electron chi connectivity index (χ0n) is 11.6. The third kappa shape index (κ3) is 3.76. The number of nitrogens with one attached hydrogen (secondary N) is 2. The monoisotopic (exact) mass is 363 g/mol. The van der Waals surface area contributed by atoms with Gasteiger partial charge >= 0.3 is 0 Å². The van der Waals surface area contributed by atoms with E-state index < -0.39 is 11.8 Å². The van der Waals surface area contributed by atoms with Gasteiger partial charge in [0.05, 0.1) is 4.88 Å². The van der Waals surface area contributed by atoms with E-state index >= 15 is 0 Å². The number of benzene rings is 1. The smallest absolute Gasteiger partial charge is 0.267 e. The maximum atomic E-state index is 12.0. The molecule has 0 aliphatic heterocycles. The molecule has 2 amide bonds. The summed E-state index contributed by atoms with van der Waals surface area (Å²) < 4.78 is 0. The van der Waals surface area contributed by atoms with E-state index in [4.69, 9.17) is 11.6 Å². The first-order valence-electron chi connectivity index (χ1n) is 6.49. The second-order valence-electron chi connectivity index (χ2n) is 4.43. The molecule has 8 heteroatoms. The van der Waals surface area contributed by atoms with Gasteiger partial charge in [-0.3, -0.25) is 20.4 Å². The molecular weight excluding hydrogens is 354 g/mol. The molecular formula is C15H10ClN3O2S2. The first-order valence-corrected chi connectivity index (χ1v) is 8.63. The van der Waals surface area contributed by atoms with E-state index in [0.717, 1.165) is 9.88 Å². The molecule has 23 heavy (non-hydrogen) atoms. The van der Waals surface area contributed by atoms with Crippen LogP contribution in [0.25, 0.3) is 9.88 Å². The maximum Gasteiger partial charge on any atom is 0.289 e. The van der Waals surface area contributed by atoms with Gasteiger partial charge in [0.2, 0.25) is 0 Å². The number of carbonyl (C=O) groups is 2. The fourth-order valence-corrected chi connectivity index (χ4v) is 3.48. The molecule has 0 radical (unpaired) electrons. The van der Waals surface area contributed by atoms with Gasteiger partial charge in [0.15, 0.2) is 0 Å². The molecule has 0 saturated carbocycles. The summed E-state index contributed by atoms with van der Waals surface area (Å²) in [7, 11) is 0. The fourth-order valence-electron chi connectivity index (χ4n) is 1.74. The molecule has 0 unspecified atom stereocenters. The lowest BCUT2D eigenvalue weighted by atomic mass is 10.2. The Labute approximate surface area is 144 Å². The van der Waals surface area contributed by atoms with Crippen molar-refractivity contribution in [2.24, 2.45) is 0 Å². The molecule has 0 saturated heterocycles. The van der Waals surface area contributed by atoms with E-state index in [0.29, 0.717) is 10.6 Å². The zero-order valence-corrected chi connectivity index (χ0v) is 14.0. The minimum Gasteiger partial charge on any atom is -0.267 e. The number of hydrogen-bond donors (Lipinski definition) is 2. The SMILES string of the molecule is O=C(NNC(=O)c1csc(-c2cccs2)n1)c1ccc(Cl)cc1. The van der Waals surface area contributed by atoms with Crippen molar-refractivity contribution in [1.29, 1.82) is 0 Å². The summed E-state index contributed by atoms with van der Waals surface area (Å²) in [5.74, 6) is -0.893. The van der Waals surface area contributed by atoms with Crippen molar-refractivity contribution >= 4 is 46.1 Å². The number of aromatic nitrogens is 1. The van der Waals surface area contributed by atoms with E-state index in [-0.39, 0.29) is 5.69 Å². The highest BCUT2D eigenvalue weighted by Gasteiger charge is 2.13. The number of nitrogens with zero attached hydrogens (tertiary/aromatic N) is 1. The molecule has 116 valence electrons. The highest BCUT2D eigenvalue weighted by molar-refractivity contribution is 7.20. The largest absolute Gasteiger partial charge is 0.289 e. The lowest BCUT2D eigenvalue weighted by Gasteiger charge is -2.05. The number of amides is 2. The topological polar surface area (TPSA) is 71.1 Å². The Bertz CT molecular complexity index is 829. The van der Waals surface area contributed by atoms with Crippen LogP contribution >= 0.6 is 34.3 Å². The van der Waals surface area contributed by atoms with Gasteiger partial charge in [-0.05, 0) is 35.7 Å². The van der Waals surface area contributed by atoms with E-state index in [1.807, 2.05) is 17.5 Å². The second-order valence-corrected chi connectivity index (χ2v) is 6.67. The van der Waals surface area contributed by atoms with Crippen molar-refractivity contribution in [1.82, 2.24) is 15.8 Å². The van der Waals surface area contributed by atoms with Gasteiger partial charge in [-0.1, -0.05) is 17.7 Å². The molecule has 0 aliphatic carbocycles. The van der Waals surface area contributed by atoms with E-state index in [1.165, 1.54) is 11.3 Å². The molecule has 0 aliphatic rings. The molecule has 2 heterocycles. The number of rotatable bonds is 3. The lowest BCUT2D eigenvalue weighted by Crippen LogP contribution is -2.41. The molecule has 2 aromatic heterocycles. The van der Waals surface area contributed by atoms with Gasteiger partial charge in [0.25, 0.3) is 11.8 Å². The molecule has 0 atom stereocenters. The van der Waals surface area contributed by atoms with Crippen LogP contribution in [0.2, 0.25) is 5.02 Å². The predicted octanol–water partition coefficient (Wildman–Crippen LogP) is 3.60. The first kappa shape index (κ1) is 15.7. The van der Waals surface area contributed by atoms with Gasteiger partial charge in [0, 0.05) is 16.0 Å².